The summed E-state index contributed by atoms with van der Waals surface area (Å²) >= 11 is 0. The molecule has 4 aromatic rings. The Balaban J connectivity index is 0.00000107. The Bertz CT molecular complexity index is 1320. The number of likely N-dealkylation sites (tertiary alicyclic amines) is 1. The van der Waals surface area contributed by atoms with Crippen LogP contribution in [0.25, 0.3) is 22.2 Å². The number of carbonyl (C=O) groups is 1. The van der Waals surface area contributed by atoms with Crippen LogP contribution in [0.15, 0.2) is 66.7 Å². The first-order valence-corrected chi connectivity index (χ1v) is 13.1. The molecular formula is C31H36N2O5. The van der Waals surface area contributed by atoms with Gasteiger partial charge in [0.05, 0.1) is 5.69 Å². The van der Waals surface area contributed by atoms with Crippen molar-refractivity contribution in [3.63, 3.8) is 0 Å². The minimum absolute atomic E-state index is 0.248. The SMILES string of the molecule is Cc1c(-c2ccc(O)cc2)n(Cc2ccc(OCCN3CCCCCC3)cc2)c2ccc(O)cc12.O=CO. The molecule has 0 atom stereocenters. The number of aromatic hydroxyl groups is 2. The monoisotopic (exact) mass is 516 g/mol. The molecule has 3 aromatic carbocycles. The van der Waals surface area contributed by atoms with Gasteiger partial charge in [-0.3, -0.25) is 9.69 Å². The highest BCUT2D eigenvalue weighted by atomic mass is 16.5. The van der Waals surface area contributed by atoms with Crippen LogP contribution in [0.1, 0.15) is 36.8 Å². The number of aryl methyl sites for hydroxylation is 1. The zero-order valence-electron chi connectivity index (χ0n) is 21.8. The van der Waals surface area contributed by atoms with E-state index in [1.807, 2.05) is 24.3 Å². The first kappa shape index (κ1) is 27.1. The zero-order chi connectivity index (χ0) is 26.9. The topological polar surface area (TPSA) is 95.2 Å². The van der Waals surface area contributed by atoms with E-state index in [4.69, 9.17) is 14.6 Å². The van der Waals surface area contributed by atoms with Crippen molar-refractivity contribution in [3.05, 3.63) is 77.9 Å². The Kier molecular flexibility index (Phi) is 9.27. The van der Waals surface area contributed by atoms with Gasteiger partial charge in [-0.05, 0) is 104 Å². The molecule has 1 aliphatic heterocycles. The molecule has 200 valence electrons. The maximum Gasteiger partial charge on any atom is 0.290 e. The maximum atomic E-state index is 10.1. The fourth-order valence-corrected chi connectivity index (χ4v) is 5.19. The van der Waals surface area contributed by atoms with Gasteiger partial charge in [-0.25, -0.2) is 0 Å². The first-order chi connectivity index (χ1) is 18.5. The second-order valence-electron chi connectivity index (χ2n) is 9.66. The lowest BCUT2D eigenvalue weighted by Gasteiger charge is -2.19. The van der Waals surface area contributed by atoms with E-state index in [9.17, 15) is 10.2 Å². The van der Waals surface area contributed by atoms with Gasteiger partial charge in [0.2, 0.25) is 0 Å². The van der Waals surface area contributed by atoms with E-state index >= 15 is 0 Å². The van der Waals surface area contributed by atoms with Crippen LogP contribution in [0, 0.1) is 6.92 Å². The van der Waals surface area contributed by atoms with Crippen LogP contribution in [0.2, 0.25) is 0 Å². The maximum absolute atomic E-state index is 10.1. The molecule has 0 amide bonds. The smallest absolute Gasteiger partial charge is 0.290 e. The Morgan fingerprint density at radius 1 is 0.868 bits per heavy atom. The number of ether oxygens (including phenoxy) is 1. The summed E-state index contributed by atoms with van der Waals surface area (Å²) in [5, 5.41) is 27.8. The van der Waals surface area contributed by atoms with Crippen molar-refractivity contribution in [3.8, 4) is 28.5 Å². The van der Waals surface area contributed by atoms with Crippen molar-refractivity contribution in [2.75, 3.05) is 26.2 Å². The molecule has 1 fully saturated rings. The van der Waals surface area contributed by atoms with Crippen molar-refractivity contribution < 1.29 is 24.9 Å². The predicted octanol–water partition coefficient (Wildman–Crippen LogP) is 6.03. The number of hydrogen-bond acceptors (Lipinski definition) is 5. The van der Waals surface area contributed by atoms with Gasteiger partial charge in [0.15, 0.2) is 0 Å². The molecule has 0 bridgehead atoms. The molecule has 2 heterocycles. The molecule has 7 heteroatoms. The van der Waals surface area contributed by atoms with Gasteiger partial charge in [0, 0.05) is 24.0 Å². The Hall–Kier alpha value is -3.97. The second kappa shape index (κ2) is 13.0. The minimum Gasteiger partial charge on any atom is -0.508 e. The highest BCUT2D eigenvalue weighted by molar-refractivity contribution is 5.92. The van der Waals surface area contributed by atoms with E-state index in [-0.39, 0.29) is 18.0 Å². The number of hydrogen-bond donors (Lipinski definition) is 3. The summed E-state index contributed by atoms with van der Waals surface area (Å²) in [6, 6.07) is 21.2. The molecule has 0 spiro atoms. The van der Waals surface area contributed by atoms with Crippen molar-refractivity contribution in [1.29, 1.82) is 0 Å². The lowest BCUT2D eigenvalue weighted by Crippen LogP contribution is -2.29. The lowest BCUT2D eigenvalue weighted by atomic mass is 10.1. The number of aromatic nitrogens is 1. The van der Waals surface area contributed by atoms with Crippen molar-refractivity contribution in [2.24, 2.45) is 0 Å². The number of fused-ring (bicyclic) bond motifs is 1. The number of carboxylic acid groups (broad SMARTS) is 1. The Morgan fingerprint density at radius 3 is 2.16 bits per heavy atom. The molecule has 1 aromatic heterocycles. The fourth-order valence-electron chi connectivity index (χ4n) is 5.19. The molecular weight excluding hydrogens is 480 g/mol. The van der Waals surface area contributed by atoms with Gasteiger partial charge in [0.1, 0.15) is 23.9 Å². The van der Waals surface area contributed by atoms with Gasteiger partial charge < -0.3 is 24.6 Å². The highest BCUT2D eigenvalue weighted by Gasteiger charge is 2.17. The highest BCUT2D eigenvalue weighted by Crippen LogP contribution is 2.36. The molecule has 0 aliphatic carbocycles. The third kappa shape index (κ3) is 6.66. The third-order valence-corrected chi connectivity index (χ3v) is 7.08. The van der Waals surface area contributed by atoms with Gasteiger partial charge >= 0.3 is 0 Å². The van der Waals surface area contributed by atoms with Crippen molar-refractivity contribution in [2.45, 2.75) is 39.2 Å². The molecule has 7 nitrogen and oxygen atoms in total. The van der Waals surface area contributed by atoms with Crippen LogP contribution < -0.4 is 4.74 Å². The average Bonchev–Trinajstić information content (AvgIpc) is 3.06. The van der Waals surface area contributed by atoms with E-state index in [1.54, 1.807) is 18.2 Å². The second-order valence-corrected chi connectivity index (χ2v) is 9.66. The van der Waals surface area contributed by atoms with Crippen LogP contribution in [-0.2, 0) is 11.3 Å². The number of rotatable bonds is 7. The van der Waals surface area contributed by atoms with Crippen LogP contribution in [0.4, 0.5) is 0 Å². The first-order valence-electron chi connectivity index (χ1n) is 13.1. The summed E-state index contributed by atoms with van der Waals surface area (Å²) in [6.45, 7) is 6.61. The summed E-state index contributed by atoms with van der Waals surface area (Å²) in [5.41, 5.74) is 5.47. The number of nitrogens with zero attached hydrogens (tertiary/aromatic N) is 2. The molecule has 0 saturated carbocycles. The van der Waals surface area contributed by atoms with Crippen LogP contribution in [-0.4, -0.2) is 57.5 Å². The number of phenolic OH excluding ortho intramolecular Hbond substituents is 2. The lowest BCUT2D eigenvalue weighted by molar-refractivity contribution is -0.122. The summed E-state index contributed by atoms with van der Waals surface area (Å²) in [6.07, 6.45) is 5.30. The van der Waals surface area contributed by atoms with E-state index in [1.165, 1.54) is 44.3 Å². The van der Waals surface area contributed by atoms with Gasteiger partial charge in [0.25, 0.3) is 6.47 Å². The van der Waals surface area contributed by atoms with Crippen LogP contribution in [0.5, 0.6) is 17.2 Å². The van der Waals surface area contributed by atoms with Gasteiger partial charge in [-0.15, -0.1) is 0 Å². The third-order valence-electron chi connectivity index (χ3n) is 7.08. The molecule has 0 radical (unpaired) electrons. The summed E-state index contributed by atoms with van der Waals surface area (Å²) in [5.74, 6) is 1.41. The van der Waals surface area contributed by atoms with Crippen molar-refractivity contribution >= 4 is 17.4 Å². The standard InChI is InChI=1S/C30H34N2O3.CH2O2/c1-22-28-20-26(34)12-15-29(28)32(30(22)24-8-10-25(33)11-9-24)21-23-6-13-27(14-7-23)35-19-18-31-16-4-2-3-5-17-31;2-1-3/h6-15,20,33-34H,2-5,16-19,21H2,1H3;1H,(H,2,3). The van der Waals surface area contributed by atoms with E-state index in [0.29, 0.717) is 6.54 Å². The molecule has 38 heavy (non-hydrogen) atoms. The van der Waals surface area contributed by atoms with E-state index in [0.717, 1.165) is 46.6 Å². The van der Waals surface area contributed by atoms with E-state index < -0.39 is 0 Å². The van der Waals surface area contributed by atoms with Crippen LogP contribution in [0.3, 0.4) is 0 Å². The molecule has 0 unspecified atom stereocenters. The number of benzene rings is 3. The zero-order valence-corrected chi connectivity index (χ0v) is 21.8. The van der Waals surface area contributed by atoms with Gasteiger partial charge in [-0.1, -0.05) is 25.0 Å². The van der Waals surface area contributed by atoms with Crippen LogP contribution >= 0.6 is 0 Å². The van der Waals surface area contributed by atoms with Gasteiger partial charge in [-0.2, -0.15) is 0 Å². The molecule has 1 aliphatic rings. The van der Waals surface area contributed by atoms with E-state index in [2.05, 4.69) is 40.7 Å². The summed E-state index contributed by atoms with van der Waals surface area (Å²) in [4.78, 5) is 10.9. The summed E-state index contributed by atoms with van der Waals surface area (Å²) < 4.78 is 8.33. The average molecular weight is 517 g/mol. The predicted molar refractivity (Wildman–Crippen MR) is 150 cm³/mol. The Morgan fingerprint density at radius 2 is 1.50 bits per heavy atom. The molecule has 3 N–H and O–H groups in total. The fraction of sp³-hybridized carbons (Fsp3) is 0.323. The normalized spacial score (nSPS) is 13.9. The molecule has 1 saturated heterocycles. The largest absolute Gasteiger partial charge is 0.508 e. The quantitative estimate of drug-likeness (QED) is 0.260. The molecule has 5 rings (SSSR count). The minimum atomic E-state index is -0.250. The number of phenols is 2. The van der Waals surface area contributed by atoms with Crippen molar-refractivity contribution in [1.82, 2.24) is 9.47 Å². The Labute approximate surface area is 223 Å². The summed E-state index contributed by atoms with van der Waals surface area (Å²) in [7, 11) is 0.